The fraction of sp³-hybridized carbons (Fsp3) is 0.357. The van der Waals surface area contributed by atoms with Gasteiger partial charge in [0, 0.05) is 42.0 Å². The van der Waals surface area contributed by atoms with E-state index in [9.17, 15) is 5.11 Å². The minimum atomic E-state index is -0.618. The molecule has 0 bridgehead atoms. The summed E-state index contributed by atoms with van der Waals surface area (Å²) in [4.78, 5) is 0. The number of halogens is 1. The zero-order chi connectivity index (χ0) is 13.8. The van der Waals surface area contributed by atoms with E-state index in [-0.39, 0.29) is 6.04 Å². The lowest BCUT2D eigenvalue weighted by Gasteiger charge is -2.17. The molecule has 2 atom stereocenters. The van der Waals surface area contributed by atoms with Gasteiger partial charge in [0.25, 0.3) is 0 Å². The van der Waals surface area contributed by atoms with Crippen LogP contribution < -0.4 is 5.32 Å². The lowest BCUT2D eigenvalue weighted by molar-refractivity contribution is 0.171. The van der Waals surface area contributed by atoms with Crippen molar-refractivity contribution >= 4 is 11.6 Å². The van der Waals surface area contributed by atoms with Crippen LogP contribution in [0.15, 0.2) is 36.7 Å². The molecule has 0 spiro atoms. The number of nitrogens with zero attached hydrogens (tertiary/aromatic N) is 2. The number of rotatable bonds is 5. The van der Waals surface area contributed by atoms with E-state index in [0.29, 0.717) is 11.6 Å². The molecule has 4 nitrogen and oxygen atoms in total. The van der Waals surface area contributed by atoms with E-state index in [2.05, 4.69) is 10.4 Å². The van der Waals surface area contributed by atoms with E-state index < -0.39 is 6.10 Å². The Morgan fingerprint density at radius 3 is 2.79 bits per heavy atom. The van der Waals surface area contributed by atoms with Gasteiger partial charge in [0.05, 0.1) is 12.3 Å². The molecule has 0 saturated heterocycles. The van der Waals surface area contributed by atoms with Crippen LogP contribution in [0.1, 0.15) is 30.2 Å². The molecule has 5 heteroatoms. The predicted molar refractivity (Wildman–Crippen MR) is 76.0 cm³/mol. The lowest BCUT2D eigenvalue weighted by atomic mass is 10.1. The summed E-state index contributed by atoms with van der Waals surface area (Å²) in [5, 5.41) is 18.1. The molecular formula is C14H18ClN3O. The predicted octanol–water partition coefficient (Wildman–Crippen LogP) is 2.46. The average Bonchev–Trinajstić information content (AvgIpc) is 2.83. The number of benzene rings is 1. The summed E-state index contributed by atoms with van der Waals surface area (Å²) >= 11 is 6.05. The number of hydrogen-bond donors (Lipinski definition) is 2. The van der Waals surface area contributed by atoms with E-state index >= 15 is 0 Å². The highest BCUT2D eigenvalue weighted by Gasteiger charge is 2.13. The van der Waals surface area contributed by atoms with E-state index in [1.54, 1.807) is 10.7 Å². The third-order valence-corrected chi connectivity index (χ3v) is 3.45. The van der Waals surface area contributed by atoms with Gasteiger partial charge >= 0.3 is 0 Å². The Morgan fingerprint density at radius 2 is 2.16 bits per heavy atom. The van der Waals surface area contributed by atoms with Crippen molar-refractivity contribution in [2.24, 2.45) is 7.05 Å². The molecule has 102 valence electrons. The second-order valence-corrected chi connectivity index (χ2v) is 5.02. The van der Waals surface area contributed by atoms with E-state index in [0.717, 1.165) is 11.1 Å². The van der Waals surface area contributed by atoms with Gasteiger partial charge in [-0.25, -0.2) is 0 Å². The van der Waals surface area contributed by atoms with E-state index in [1.165, 1.54) is 0 Å². The smallest absolute Gasteiger partial charge is 0.0928 e. The maximum Gasteiger partial charge on any atom is 0.0928 e. The number of aliphatic hydroxyl groups excluding tert-OH is 1. The van der Waals surface area contributed by atoms with Gasteiger partial charge in [-0.05, 0) is 13.0 Å². The van der Waals surface area contributed by atoms with Gasteiger partial charge in [-0.2, -0.15) is 5.10 Å². The van der Waals surface area contributed by atoms with Crippen LogP contribution in [0.3, 0.4) is 0 Å². The maximum atomic E-state index is 10.1. The van der Waals surface area contributed by atoms with Gasteiger partial charge < -0.3 is 10.4 Å². The van der Waals surface area contributed by atoms with Gasteiger partial charge in [-0.1, -0.05) is 29.8 Å². The summed E-state index contributed by atoms with van der Waals surface area (Å²) in [6.07, 6.45) is 3.16. The van der Waals surface area contributed by atoms with Crippen molar-refractivity contribution in [1.29, 1.82) is 0 Å². The van der Waals surface area contributed by atoms with Crippen molar-refractivity contribution in [3.05, 3.63) is 52.8 Å². The molecule has 1 aromatic heterocycles. The van der Waals surface area contributed by atoms with Gasteiger partial charge in [-0.3, -0.25) is 4.68 Å². The van der Waals surface area contributed by atoms with Crippen LogP contribution in [0.5, 0.6) is 0 Å². The summed E-state index contributed by atoms with van der Waals surface area (Å²) in [5.41, 5.74) is 1.84. The second-order valence-electron chi connectivity index (χ2n) is 4.61. The molecule has 0 fully saturated rings. The first-order chi connectivity index (χ1) is 9.08. The lowest BCUT2D eigenvalue weighted by Crippen LogP contribution is -2.24. The third kappa shape index (κ3) is 3.56. The molecule has 0 amide bonds. The first kappa shape index (κ1) is 14.1. The van der Waals surface area contributed by atoms with Gasteiger partial charge in [-0.15, -0.1) is 0 Å². The largest absolute Gasteiger partial charge is 0.387 e. The molecule has 0 radical (unpaired) electrons. The Balaban J connectivity index is 1.94. The number of aliphatic hydroxyl groups is 1. The minimum Gasteiger partial charge on any atom is -0.387 e. The quantitative estimate of drug-likeness (QED) is 0.884. The Morgan fingerprint density at radius 1 is 1.42 bits per heavy atom. The van der Waals surface area contributed by atoms with Crippen molar-refractivity contribution in [2.75, 3.05) is 6.54 Å². The van der Waals surface area contributed by atoms with Crippen LogP contribution >= 0.6 is 11.6 Å². The molecule has 0 aliphatic carbocycles. The molecule has 2 rings (SSSR count). The molecule has 1 heterocycles. The van der Waals surface area contributed by atoms with Crippen LogP contribution in [0.2, 0.25) is 5.02 Å². The van der Waals surface area contributed by atoms with Crippen LogP contribution in [-0.2, 0) is 7.05 Å². The standard InChI is InChI=1S/C14H18ClN3O/c1-10(11-7-17-18(2)9-11)16-8-14(19)12-5-3-4-6-13(12)15/h3-7,9-10,14,16,19H,8H2,1-2H3. The van der Waals surface area contributed by atoms with Crippen LogP contribution in [0.4, 0.5) is 0 Å². The summed E-state index contributed by atoms with van der Waals surface area (Å²) in [6.45, 7) is 2.48. The zero-order valence-corrected chi connectivity index (χ0v) is 11.8. The topological polar surface area (TPSA) is 50.1 Å². The Hall–Kier alpha value is -1.36. The van der Waals surface area contributed by atoms with Crippen molar-refractivity contribution in [3.63, 3.8) is 0 Å². The molecular weight excluding hydrogens is 262 g/mol. The molecule has 0 aliphatic heterocycles. The van der Waals surface area contributed by atoms with E-state index in [1.807, 2.05) is 44.6 Å². The fourth-order valence-electron chi connectivity index (χ4n) is 1.93. The molecule has 19 heavy (non-hydrogen) atoms. The summed E-state index contributed by atoms with van der Waals surface area (Å²) in [6, 6.07) is 7.47. The van der Waals surface area contributed by atoms with Gasteiger partial charge in [0.15, 0.2) is 0 Å². The van der Waals surface area contributed by atoms with Crippen molar-refractivity contribution in [2.45, 2.75) is 19.1 Å². The number of aryl methyl sites for hydroxylation is 1. The van der Waals surface area contributed by atoms with Crippen molar-refractivity contribution in [1.82, 2.24) is 15.1 Å². The molecule has 1 aromatic carbocycles. The van der Waals surface area contributed by atoms with Crippen LogP contribution in [0.25, 0.3) is 0 Å². The first-order valence-corrected chi connectivity index (χ1v) is 6.60. The average molecular weight is 280 g/mol. The molecule has 2 N–H and O–H groups in total. The summed E-state index contributed by atoms with van der Waals surface area (Å²) in [7, 11) is 1.88. The number of nitrogens with one attached hydrogen (secondary N) is 1. The van der Waals surface area contributed by atoms with E-state index in [4.69, 9.17) is 11.6 Å². The highest BCUT2D eigenvalue weighted by molar-refractivity contribution is 6.31. The van der Waals surface area contributed by atoms with Crippen LogP contribution in [0, 0.1) is 0 Å². The first-order valence-electron chi connectivity index (χ1n) is 6.22. The van der Waals surface area contributed by atoms with Gasteiger partial charge in [0.2, 0.25) is 0 Å². The van der Waals surface area contributed by atoms with Crippen LogP contribution in [-0.4, -0.2) is 21.4 Å². The second kappa shape index (κ2) is 6.19. The monoisotopic (exact) mass is 279 g/mol. The summed E-state index contributed by atoms with van der Waals surface area (Å²) in [5.74, 6) is 0. The Labute approximate surface area is 118 Å². The Bertz CT molecular complexity index is 541. The SMILES string of the molecule is CC(NCC(O)c1ccccc1Cl)c1cnn(C)c1. The Kier molecular flexibility index (Phi) is 4.58. The normalized spacial score (nSPS) is 14.3. The number of aromatic nitrogens is 2. The minimum absolute atomic E-state index is 0.130. The van der Waals surface area contributed by atoms with Crippen molar-refractivity contribution in [3.8, 4) is 0 Å². The molecule has 0 saturated carbocycles. The fourth-order valence-corrected chi connectivity index (χ4v) is 2.19. The molecule has 2 aromatic rings. The maximum absolute atomic E-state index is 10.1. The highest BCUT2D eigenvalue weighted by atomic mass is 35.5. The zero-order valence-electron chi connectivity index (χ0n) is 11.0. The van der Waals surface area contributed by atoms with Crippen molar-refractivity contribution < 1.29 is 5.11 Å². The third-order valence-electron chi connectivity index (χ3n) is 3.11. The van der Waals surface area contributed by atoms with Gasteiger partial charge in [0.1, 0.15) is 0 Å². The summed E-state index contributed by atoms with van der Waals surface area (Å²) < 4.78 is 1.76. The molecule has 2 unspecified atom stereocenters. The molecule has 0 aliphatic rings. The highest BCUT2D eigenvalue weighted by Crippen LogP contribution is 2.22. The number of hydrogen-bond acceptors (Lipinski definition) is 3.